The number of anilines is 1. The predicted octanol–water partition coefficient (Wildman–Crippen LogP) is 7.12. The summed E-state index contributed by atoms with van der Waals surface area (Å²) in [7, 11) is 0. The molecule has 0 bridgehead atoms. The molecule has 0 spiro atoms. The average Bonchev–Trinajstić information content (AvgIpc) is 3.59. The van der Waals surface area contributed by atoms with Gasteiger partial charge in [-0.2, -0.15) is 0 Å². The van der Waals surface area contributed by atoms with Crippen molar-refractivity contribution in [1.82, 2.24) is 4.98 Å². The second-order valence-corrected chi connectivity index (χ2v) is 10.7. The molecule has 1 aliphatic heterocycles. The number of hydrogen-bond acceptors (Lipinski definition) is 6. The topological polar surface area (TPSA) is 97.8 Å². The maximum Gasteiger partial charge on any atom is 0.331 e. The van der Waals surface area contributed by atoms with Crippen molar-refractivity contribution in [3.63, 3.8) is 0 Å². The Bertz CT molecular complexity index is 1370. The molecule has 11 heteroatoms. The van der Waals surface area contributed by atoms with Crippen LogP contribution in [0, 0.1) is 5.82 Å². The summed E-state index contributed by atoms with van der Waals surface area (Å²) in [5.41, 5.74) is 1.84. The van der Waals surface area contributed by atoms with E-state index in [1.165, 1.54) is 25.1 Å². The number of aryl methyl sites for hydroxylation is 1. The summed E-state index contributed by atoms with van der Waals surface area (Å²) >= 11 is 13.7. The number of carbonyl (C=O) groups is 2. The second-order valence-electron chi connectivity index (χ2n) is 9.07. The number of amides is 1. The first kappa shape index (κ1) is 29.2. The number of ether oxygens (including phenoxy) is 2. The van der Waals surface area contributed by atoms with Gasteiger partial charge in [-0.05, 0) is 62.4 Å². The van der Waals surface area contributed by atoms with Crippen molar-refractivity contribution >= 4 is 57.6 Å². The van der Waals surface area contributed by atoms with E-state index in [9.17, 15) is 9.59 Å². The molecule has 1 unspecified atom stereocenters. The quantitative estimate of drug-likeness (QED) is 0.182. The SMILES string of the molecule is C/C(=C\c1c(Cl)cc(C(=O)Nc2nc(-c3cccc(CCCOCC4CCCO4)c3F)cs2)cc1Cl)C(=O)O. The molecule has 0 saturated carbocycles. The van der Waals surface area contributed by atoms with E-state index in [1.807, 2.05) is 0 Å². The van der Waals surface area contributed by atoms with Crippen LogP contribution in [-0.2, 0) is 20.7 Å². The number of halogens is 3. The van der Waals surface area contributed by atoms with Crippen LogP contribution in [0.3, 0.4) is 0 Å². The van der Waals surface area contributed by atoms with Crippen molar-refractivity contribution in [2.75, 3.05) is 25.1 Å². The summed E-state index contributed by atoms with van der Waals surface area (Å²) < 4.78 is 26.5. The van der Waals surface area contributed by atoms with Crippen LogP contribution < -0.4 is 5.32 Å². The highest BCUT2D eigenvalue weighted by molar-refractivity contribution is 7.14. The van der Waals surface area contributed by atoms with Crippen LogP contribution >= 0.6 is 34.5 Å². The second kappa shape index (κ2) is 13.5. The Hall–Kier alpha value is -2.82. The minimum Gasteiger partial charge on any atom is -0.478 e. The normalized spacial score (nSPS) is 15.5. The van der Waals surface area contributed by atoms with Crippen molar-refractivity contribution in [2.45, 2.75) is 38.7 Å². The summed E-state index contributed by atoms with van der Waals surface area (Å²) in [6.07, 6.45) is 4.80. The van der Waals surface area contributed by atoms with Crippen molar-refractivity contribution in [3.8, 4) is 11.3 Å². The lowest BCUT2D eigenvalue weighted by atomic mass is 10.0. The zero-order valence-electron chi connectivity index (χ0n) is 21.1. The van der Waals surface area contributed by atoms with Crippen LogP contribution in [-0.4, -0.2) is 47.9 Å². The third kappa shape index (κ3) is 7.64. The van der Waals surface area contributed by atoms with E-state index < -0.39 is 11.9 Å². The molecule has 2 aromatic carbocycles. The number of carbonyl (C=O) groups excluding carboxylic acids is 1. The Morgan fingerprint density at radius 2 is 2.08 bits per heavy atom. The Labute approximate surface area is 239 Å². The number of rotatable bonds is 11. The molecule has 2 N–H and O–H groups in total. The Morgan fingerprint density at radius 1 is 1.31 bits per heavy atom. The third-order valence-electron chi connectivity index (χ3n) is 6.18. The molecule has 39 heavy (non-hydrogen) atoms. The van der Waals surface area contributed by atoms with Gasteiger partial charge < -0.3 is 14.6 Å². The highest BCUT2D eigenvalue weighted by atomic mass is 35.5. The van der Waals surface area contributed by atoms with Crippen LogP contribution in [0.1, 0.15) is 47.7 Å². The molecule has 0 aliphatic carbocycles. The van der Waals surface area contributed by atoms with Crippen LogP contribution in [0.15, 0.2) is 41.3 Å². The molecule has 4 rings (SSSR count). The molecular weight excluding hydrogens is 566 g/mol. The van der Waals surface area contributed by atoms with Crippen LogP contribution in [0.4, 0.5) is 9.52 Å². The van der Waals surface area contributed by atoms with Gasteiger partial charge in [0.25, 0.3) is 5.91 Å². The fourth-order valence-electron chi connectivity index (χ4n) is 4.08. The van der Waals surface area contributed by atoms with Crippen molar-refractivity contribution < 1.29 is 28.6 Å². The molecule has 1 amide bonds. The maximum absolute atomic E-state index is 15.3. The van der Waals surface area contributed by atoms with Gasteiger partial charge in [0, 0.05) is 40.9 Å². The molecule has 7 nitrogen and oxygen atoms in total. The minimum absolute atomic E-state index is 0.0466. The Balaban J connectivity index is 1.38. The van der Waals surface area contributed by atoms with Gasteiger partial charge in [-0.3, -0.25) is 10.1 Å². The summed E-state index contributed by atoms with van der Waals surface area (Å²) in [6.45, 7) is 3.30. The molecule has 2 heterocycles. The van der Waals surface area contributed by atoms with Crippen LogP contribution in [0.25, 0.3) is 17.3 Å². The molecule has 1 saturated heterocycles. The fraction of sp³-hybridized carbons (Fsp3) is 0.321. The first-order valence-electron chi connectivity index (χ1n) is 12.4. The van der Waals surface area contributed by atoms with Gasteiger partial charge in [0.1, 0.15) is 5.82 Å². The molecule has 3 aromatic rings. The van der Waals surface area contributed by atoms with Crippen molar-refractivity contribution in [1.29, 1.82) is 0 Å². The van der Waals surface area contributed by atoms with Gasteiger partial charge >= 0.3 is 5.97 Å². The van der Waals surface area contributed by atoms with E-state index in [2.05, 4.69) is 10.3 Å². The standard InChI is InChI=1S/C28H27Cl2FN2O5S/c1-16(27(35)36)11-21-22(29)12-18(13-23(21)30)26(34)33-28-32-24(15-39-28)20-8-2-5-17(25(20)31)6-3-9-37-14-19-7-4-10-38-19/h2,5,8,11-13,15,19H,3-4,6-7,9-10,14H2,1H3,(H,35,36)(H,32,33,34)/b16-11+. The van der Waals surface area contributed by atoms with Crippen molar-refractivity contribution in [3.05, 3.63) is 73.8 Å². The van der Waals surface area contributed by atoms with Gasteiger partial charge in [-0.15, -0.1) is 11.3 Å². The fourth-order valence-corrected chi connectivity index (χ4v) is 5.38. The van der Waals surface area contributed by atoms with Gasteiger partial charge in [-0.1, -0.05) is 35.3 Å². The zero-order valence-corrected chi connectivity index (χ0v) is 23.5. The smallest absolute Gasteiger partial charge is 0.331 e. The average molecular weight is 594 g/mol. The van der Waals surface area contributed by atoms with Gasteiger partial charge in [0.05, 0.1) is 28.5 Å². The molecular formula is C28H27Cl2FN2O5S. The lowest BCUT2D eigenvalue weighted by Gasteiger charge is -2.10. The van der Waals surface area contributed by atoms with E-state index in [-0.39, 0.29) is 38.2 Å². The largest absolute Gasteiger partial charge is 0.478 e. The number of benzene rings is 2. The number of carboxylic acid groups (broad SMARTS) is 1. The van der Waals surface area contributed by atoms with Crippen LogP contribution in [0.5, 0.6) is 0 Å². The highest BCUT2D eigenvalue weighted by Crippen LogP contribution is 2.31. The van der Waals surface area contributed by atoms with Crippen molar-refractivity contribution in [2.24, 2.45) is 0 Å². The van der Waals surface area contributed by atoms with E-state index >= 15 is 4.39 Å². The zero-order chi connectivity index (χ0) is 27.9. The van der Waals surface area contributed by atoms with E-state index in [0.717, 1.165) is 30.8 Å². The lowest BCUT2D eigenvalue weighted by molar-refractivity contribution is -0.132. The Morgan fingerprint density at radius 3 is 2.77 bits per heavy atom. The number of carboxylic acids is 1. The number of hydrogen-bond donors (Lipinski definition) is 2. The number of aromatic nitrogens is 1. The first-order chi connectivity index (χ1) is 18.7. The monoisotopic (exact) mass is 592 g/mol. The third-order valence-corrected chi connectivity index (χ3v) is 7.56. The van der Waals surface area contributed by atoms with E-state index in [1.54, 1.807) is 23.6 Å². The minimum atomic E-state index is -1.11. The summed E-state index contributed by atoms with van der Waals surface area (Å²) in [4.78, 5) is 28.3. The molecule has 1 atom stereocenters. The molecule has 206 valence electrons. The predicted molar refractivity (Wildman–Crippen MR) is 151 cm³/mol. The van der Waals surface area contributed by atoms with Gasteiger partial charge in [0.15, 0.2) is 5.13 Å². The molecule has 1 aliphatic rings. The highest BCUT2D eigenvalue weighted by Gasteiger charge is 2.18. The lowest BCUT2D eigenvalue weighted by Crippen LogP contribution is -2.14. The molecule has 1 fully saturated rings. The number of nitrogens with one attached hydrogen (secondary N) is 1. The first-order valence-corrected chi connectivity index (χ1v) is 14.0. The van der Waals surface area contributed by atoms with Gasteiger partial charge in [-0.25, -0.2) is 14.2 Å². The van der Waals surface area contributed by atoms with E-state index in [0.29, 0.717) is 48.4 Å². The van der Waals surface area contributed by atoms with Gasteiger partial charge in [0.2, 0.25) is 0 Å². The molecule has 0 radical (unpaired) electrons. The van der Waals surface area contributed by atoms with E-state index in [4.69, 9.17) is 37.8 Å². The number of thiazole rings is 1. The summed E-state index contributed by atoms with van der Waals surface area (Å²) in [5, 5.41) is 14.0. The maximum atomic E-state index is 15.3. The van der Waals surface area contributed by atoms with Crippen LogP contribution in [0.2, 0.25) is 10.0 Å². The Kier molecular flexibility index (Phi) is 10.1. The number of nitrogens with zero attached hydrogens (tertiary/aromatic N) is 1. The number of aliphatic carboxylic acids is 1. The summed E-state index contributed by atoms with van der Waals surface area (Å²) in [6, 6.07) is 7.97. The summed E-state index contributed by atoms with van der Waals surface area (Å²) in [5.74, 6) is -1.97. The molecule has 1 aromatic heterocycles.